The first-order valence-corrected chi connectivity index (χ1v) is 8.63. The van der Waals surface area contributed by atoms with E-state index in [-0.39, 0.29) is 5.91 Å². The van der Waals surface area contributed by atoms with Crippen LogP contribution in [0.4, 0.5) is 5.69 Å². The SMILES string of the molecule is Cc1nn(Cc2ccccc2)c(C)c1C(=O)N1CCc2ccccc21. The number of hydrogen-bond donors (Lipinski definition) is 0. The molecule has 0 saturated carbocycles. The number of anilines is 1. The van der Waals surface area contributed by atoms with E-state index >= 15 is 0 Å². The number of para-hydroxylation sites is 1. The quantitative estimate of drug-likeness (QED) is 0.733. The lowest BCUT2D eigenvalue weighted by Crippen LogP contribution is -2.29. The zero-order chi connectivity index (χ0) is 17.4. The van der Waals surface area contributed by atoms with Gasteiger partial charge in [0.15, 0.2) is 0 Å². The molecule has 4 rings (SSSR count). The minimum absolute atomic E-state index is 0.0549. The maximum absolute atomic E-state index is 13.2. The molecule has 1 aliphatic rings. The van der Waals surface area contributed by atoms with Gasteiger partial charge in [-0.2, -0.15) is 5.10 Å². The minimum Gasteiger partial charge on any atom is -0.308 e. The van der Waals surface area contributed by atoms with Crippen LogP contribution in [-0.2, 0) is 13.0 Å². The molecule has 25 heavy (non-hydrogen) atoms. The maximum atomic E-state index is 13.2. The normalized spacial score (nSPS) is 13.1. The maximum Gasteiger partial charge on any atom is 0.262 e. The van der Waals surface area contributed by atoms with Crippen LogP contribution in [0.5, 0.6) is 0 Å². The average Bonchev–Trinajstić information content (AvgIpc) is 3.17. The number of nitrogens with zero attached hydrogens (tertiary/aromatic N) is 3. The van der Waals surface area contributed by atoms with Crippen molar-refractivity contribution in [3.63, 3.8) is 0 Å². The molecule has 0 spiro atoms. The van der Waals surface area contributed by atoms with Gasteiger partial charge in [0.2, 0.25) is 0 Å². The van der Waals surface area contributed by atoms with Crippen molar-refractivity contribution in [1.29, 1.82) is 0 Å². The van der Waals surface area contributed by atoms with Gasteiger partial charge in [-0.15, -0.1) is 0 Å². The summed E-state index contributed by atoms with van der Waals surface area (Å²) in [6.45, 7) is 5.32. The van der Waals surface area contributed by atoms with Crippen molar-refractivity contribution in [3.8, 4) is 0 Å². The van der Waals surface area contributed by atoms with E-state index in [2.05, 4.69) is 23.3 Å². The molecule has 3 aromatic rings. The van der Waals surface area contributed by atoms with Crippen LogP contribution in [0.3, 0.4) is 0 Å². The molecule has 1 aliphatic heterocycles. The van der Waals surface area contributed by atoms with Gasteiger partial charge in [0.25, 0.3) is 5.91 Å². The van der Waals surface area contributed by atoms with Gasteiger partial charge < -0.3 is 4.90 Å². The first-order chi connectivity index (χ1) is 12.1. The summed E-state index contributed by atoms with van der Waals surface area (Å²) in [6.07, 6.45) is 0.915. The van der Waals surface area contributed by atoms with Crippen LogP contribution >= 0.6 is 0 Å². The van der Waals surface area contributed by atoms with Gasteiger partial charge in [0.05, 0.1) is 17.8 Å². The van der Waals surface area contributed by atoms with Gasteiger partial charge in [0, 0.05) is 17.9 Å². The topological polar surface area (TPSA) is 38.1 Å². The molecule has 4 nitrogen and oxygen atoms in total. The number of hydrogen-bond acceptors (Lipinski definition) is 2. The number of benzene rings is 2. The number of fused-ring (bicyclic) bond motifs is 1. The van der Waals surface area contributed by atoms with Gasteiger partial charge in [-0.25, -0.2) is 0 Å². The van der Waals surface area contributed by atoms with Crippen LogP contribution in [0.1, 0.15) is 32.9 Å². The van der Waals surface area contributed by atoms with Crippen LogP contribution in [0.2, 0.25) is 0 Å². The third-order valence-corrected chi connectivity index (χ3v) is 4.90. The summed E-state index contributed by atoms with van der Waals surface area (Å²) < 4.78 is 1.93. The molecule has 0 unspecified atom stereocenters. The fourth-order valence-corrected chi connectivity index (χ4v) is 3.60. The highest BCUT2D eigenvalue weighted by atomic mass is 16.2. The first-order valence-electron chi connectivity index (χ1n) is 8.63. The fourth-order valence-electron chi connectivity index (χ4n) is 3.60. The van der Waals surface area contributed by atoms with Crippen molar-refractivity contribution < 1.29 is 4.79 Å². The van der Waals surface area contributed by atoms with Crippen molar-refractivity contribution >= 4 is 11.6 Å². The van der Waals surface area contributed by atoms with Crippen LogP contribution in [-0.4, -0.2) is 22.2 Å². The summed E-state index contributed by atoms with van der Waals surface area (Å²) >= 11 is 0. The largest absolute Gasteiger partial charge is 0.308 e. The van der Waals surface area contributed by atoms with Crippen LogP contribution in [0.15, 0.2) is 54.6 Å². The molecule has 126 valence electrons. The molecule has 2 aromatic carbocycles. The molecule has 1 aromatic heterocycles. The number of carbonyl (C=O) groups excluding carboxylic acids is 1. The van der Waals surface area contributed by atoms with Crippen LogP contribution in [0.25, 0.3) is 0 Å². The second-order valence-corrected chi connectivity index (χ2v) is 6.52. The number of aryl methyl sites for hydroxylation is 1. The second-order valence-electron chi connectivity index (χ2n) is 6.52. The molecular formula is C21H21N3O. The van der Waals surface area contributed by atoms with Crippen molar-refractivity contribution in [2.24, 2.45) is 0 Å². The molecule has 0 bridgehead atoms. The van der Waals surface area contributed by atoms with Crippen LogP contribution < -0.4 is 4.90 Å². The average molecular weight is 331 g/mol. The van der Waals surface area contributed by atoms with Gasteiger partial charge in [-0.05, 0) is 37.5 Å². The first kappa shape index (κ1) is 15.6. The van der Waals surface area contributed by atoms with Crippen molar-refractivity contribution in [3.05, 3.63) is 82.7 Å². The smallest absolute Gasteiger partial charge is 0.262 e. The van der Waals surface area contributed by atoms with Crippen LogP contribution in [0, 0.1) is 13.8 Å². The number of rotatable bonds is 3. The lowest BCUT2D eigenvalue weighted by atomic mass is 10.1. The Balaban J connectivity index is 1.66. The van der Waals surface area contributed by atoms with E-state index in [1.807, 2.05) is 59.8 Å². The predicted molar refractivity (Wildman–Crippen MR) is 99.1 cm³/mol. The molecule has 4 heteroatoms. The summed E-state index contributed by atoms with van der Waals surface area (Å²) in [6, 6.07) is 18.3. The molecule has 1 amide bonds. The molecule has 0 atom stereocenters. The van der Waals surface area contributed by atoms with Gasteiger partial charge >= 0.3 is 0 Å². The summed E-state index contributed by atoms with van der Waals surface area (Å²) in [5, 5.41) is 4.62. The number of aromatic nitrogens is 2. The predicted octanol–water partition coefficient (Wildman–Crippen LogP) is 3.75. The van der Waals surface area contributed by atoms with E-state index in [1.165, 1.54) is 11.1 Å². The highest BCUT2D eigenvalue weighted by Gasteiger charge is 2.29. The molecular weight excluding hydrogens is 310 g/mol. The summed E-state index contributed by atoms with van der Waals surface area (Å²) in [5.74, 6) is 0.0549. The summed E-state index contributed by atoms with van der Waals surface area (Å²) in [5.41, 5.74) is 5.90. The van der Waals surface area contributed by atoms with E-state index in [9.17, 15) is 4.79 Å². The van der Waals surface area contributed by atoms with E-state index in [0.717, 1.165) is 35.6 Å². The third-order valence-electron chi connectivity index (χ3n) is 4.90. The van der Waals surface area contributed by atoms with Gasteiger partial charge in [0.1, 0.15) is 0 Å². The molecule has 0 aliphatic carbocycles. The molecule has 0 saturated heterocycles. The molecule has 0 fully saturated rings. The lowest BCUT2D eigenvalue weighted by molar-refractivity contribution is 0.0988. The lowest BCUT2D eigenvalue weighted by Gasteiger charge is -2.17. The molecule has 2 heterocycles. The minimum atomic E-state index is 0.0549. The number of amides is 1. The van der Waals surface area contributed by atoms with Gasteiger partial charge in [-0.1, -0.05) is 48.5 Å². The Hall–Kier alpha value is -2.88. The Bertz CT molecular complexity index is 928. The van der Waals surface area contributed by atoms with Crippen molar-refractivity contribution in [2.75, 3.05) is 11.4 Å². The third kappa shape index (κ3) is 2.74. The van der Waals surface area contributed by atoms with Crippen molar-refractivity contribution in [2.45, 2.75) is 26.8 Å². The van der Waals surface area contributed by atoms with Crippen molar-refractivity contribution in [1.82, 2.24) is 9.78 Å². The Kier molecular flexibility index (Phi) is 3.88. The second kappa shape index (κ2) is 6.20. The Morgan fingerprint density at radius 1 is 1.04 bits per heavy atom. The Morgan fingerprint density at radius 2 is 1.76 bits per heavy atom. The molecule has 0 N–H and O–H groups in total. The Morgan fingerprint density at radius 3 is 2.56 bits per heavy atom. The fraction of sp³-hybridized carbons (Fsp3) is 0.238. The zero-order valence-electron chi connectivity index (χ0n) is 14.6. The summed E-state index contributed by atoms with van der Waals surface area (Å²) in [7, 11) is 0. The Labute approximate surface area is 147 Å². The zero-order valence-corrected chi connectivity index (χ0v) is 14.6. The van der Waals surface area contributed by atoms with E-state index < -0.39 is 0 Å². The highest BCUT2D eigenvalue weighted by molar-refractivity contribution is 6.08. The standard InChI is InChI=1S/C21H21N3O/c1-15-20(16(2)24(22-15)14-17-8-4-3-5-9-17)21(25)23-13-12-18-10-6-7-11-19(18)23/h3-11H,12-14H2,1-2H3. The van der Waals surface area contributed by atoms with E-state index in [1.54, 1.807) is 0 Å². The highest BCUT2D eigenvalue weighted by Crippen LogP contribution is 2.30. The molecule has 0 radical (unpaired) electrons. The summed E-state index contributed by atoms with van der Waals surface area (Å²) in [4.78, 5) is 15.1. The van der Waals surface area contributed by atoms with E-state index in [0.29, 0.717) is 6.54 Å². The monoisotopic (exact) mass is 331 g/mol. The van der Waals surface area contributed by atoms with Gasteiger partial charge in [-0.3, -0.25) is 9.48 Å². The van der Waals surface area contributed by atoms with E-state index in [4.69, 9.17) is 0 Å². The number of carbonyl (C=O) groups is 1.